The molecule has 0 fully saturated rings. The molecule has 10 heteroatoms. The largest absolute Gasteiger partial charge is 0.462 e. The first-order valence-electron chi connectivity index (χ1n) is 8.04. The molecule has 27 heavy (non-hydrogen) atoms. The monoisotopic (exact) mass is 389 g/mol. The molecule has 0 aromatic heterocycles. The standard InChI is InChI=1S/C17H18F3NO6/c1-3-24-15(22)12(16(23)25-4-2)8-21(9-17(18,19)20)11-5-6-13-14(7-11)27-10-26-13/h5-8H,3-4,9-10H2,1-2H3. The number of hydrogen-bond donors (Lipinski definition) is 0. The highest BCUT2D eigenvalue weighted by molar-refractivity contribution is 6.14. The SMILES string of the molecule is CCOC(=O)C(=CN(CC(F)(F)F)c1ccc2c(c1)OCO2)C(=O)OCC. The number of carbonyl (C=O) groups excluding carboxylic acids is 2. The van der Waals surface area contributed by atoms with E-state index in [2.05, 4.69) is 0 Å². The molecular weight excluding hydrogens is 371 g/mol. The van der Waals surface area contributed by atoms with E-state index < -0.39 is 30.2 Å². The van der Waals surface area contributed by atoms with E-state index in [0.29, 0.717) is 10.6 Å². The fourth-order valence-electron chi connectivity index (χ4n) is 2.23. The first-order valence-corrected chi connectivity index (χ1v) is 8.04. The highest BCUT2D eigenvalue weighted by Gasteiger charge is 2.33. The predicted octanol–water partition coefficient (Wildman–Crippen LogP) is 2.79. The fourth-order valence-corrected chi connectivity index (χ4v) is 2.23. The highest BCUT2D eigenvalue weighted by atomic mass is 19.4. The Morgan fingerprint density at radius 1 is 1.11 bits per heavy atom. The van der Waals surface area contributed by atoms with Crippen LogP contribution in [0.2, 0.25) is 0 Å². The van der Waals surface area contributed by atoms with Crippen LogP contribution in [0.4, 0.5) is 18.9 Å². The minimum Gasteiger partial charge on any atom is -0.462 e. The van der Waals surface area contributed by atoms with Gasteiger partial charge in [0, 0.05) is 18.0 Å². The molecule has 1 aliphatic heterocycles. The average molecular weight is 389 g/mol. The van der Waals surface area contributed by atoms with E-state index in [1.54, 1.807) is 0 Å². The van der Waals surface area contributed by atoms with Crippen LogP contribution in [-0.2, 0) is 19.1 Å². The Morgan fingerprint density at radius 3 is 2.26 bits per heavy atom. The number of fused-ring (bicyclic) bond motifs is 1. The second-order valence-corrected chi connectivity index (χ2v) is 5.26. The van der Waals surface area contributed by atoms with Crippen LogP contribution in [0.3, 0.4) is 0 Å². The zero-order valence-electron chi connectivity index (χ0n) is 14.7. The molecule has 1 aromatic carbocycles. The second kappa shape index (κ2) is 8.65. The Hall–Kier alpha value is -2.91. The van der Waals surface area contributed by atoms with E-state index in [4.69, 9.17) is 18.9 Å². The van der Waals surface area contributed by atoms with Gasteiger partial charge in [-0.05, 0) is 26.0 Å². The van der Waals surface area contributed by atoms with Crippen molar-refractivity contribution in [2.75, 3.05) is 31.5 Å². The van der Waals surface area contributed by atoms with Gasteiger partial charge in [0.05, 0.1) is 13.2 Å². The summed E-state index contributed by atoms with van der Waals surface area (Å²) in [5.74, 6) is -1.53. The number of nitrogens with zero attached hydrogens (tertiary/aromatic N) is 1. The van der Waals surface area contributed by atoms with Gasteiger partial charge < -0.3 is 23.8 Å². The van der Waals surface area contributed by atoms with Crippen molar-refractivity contribution in [2.24, 2.45) is 0 Å². The van der Waals surface area contributed by atoms with Gasteiger partial charge in [0.15, 0.2) is 17.1 Å². The Kier molecular flexibility index (Phi) is 6.54. The van der Waals surface area contributed by atoms with Gasteiger partial charge in [-0.3, -0.25) is 0 Å². The molecule has 0 bridgehead atoms. The molecule has 1 heterocycles. The van der Waals surface area contributed by atoms with Crippen LogP contribution in [0.5, 0.6) is 11.5 Å². The zero-order valence-corrected chi connectivity index (χ0v) is 14.7. The van der Waals surface area contributed by atoms with Crippen LogP contribution < -0.4 is 14.4 Å². The normalized spacial score (nSPS) is 12.3. The lowest BCUT2D eigenvalue weighted by Crippen LogP contribution is -2.32. The molecule has 0 radical (unpaired) electrons. The van der Waals surface area contributed by atoms with Gasteiger partial charge in [-0.2, -0.15) is 13.2 Å². The number of benzene rings is 1. The molecule has 148 valence electrons. The van der Waals surface area contributed by atoms with Crippen molar-refractivity contribution in [3.8, 4) is 11.5 Å². The van der Waals surface area contributed by atoms with E-state index in [9.17, 15) is 22.8 Å². The number of esters is 2. The smallest absolute Gasteiger partial charge is 0.406 e. The summed E-state index contributed by atoms with van der Waals surface area (Å²) >= 11 is 0. The molecule has 0 amide bonds. The highest BCUT2D eigenvalue weighted by Crippen LogP contribution is 2.36. The van der Waals surface area contributed by atoms with Gasteiger partial charge in [-0.25, -0.2) is 9.59 Å². The maximum Gasteiger partial charge on any atom is 0.406 e. The fraction of sp³-hybridized carbons (Fsp3) is 0.412. The number of ether oxygens (including phenoxy) is 4. The second-order valence-electron chi connectivity index (χ2n) is 5.26. The van der Waals surface area contributed by atoms with Crippen molar-refractivity contribution in [3.63, 3.8) is 0 Å². The lowest BCUT2D eigenvalue weighted by Gasteiger charge is -2.23. The molecule has 0 saturated heterocycles. The van der Waals surface area contributed by atoms with Crippen molar-refractivity contribution in [1.82, 2.24) is 0 Å². The van der Waals surface area contributed by atoms with Crippen molar-refractivity contribution >= 4 is 17.6 Å². The molecule has 0 N–H and O–H groups in total. The zero-order chi connectivity index (χ0) is 20.0. The average Bonchev–Trinajstić information content (AvgIpc) is 3.05. The maximum atomic E-state index is 13.1. The number of halogens is 3. The van der Waals surface area contributed by atoms with Gasteiger partial charge in [0.2, 0.25) is 6.79 Å². The quantitative estimate of drug-likeness (QED) is 0.307. The Morgan fingerprint density at radius 2 is 1.70 bits per heavy atom. The lowest BCUT2D eigenvalue weighted by molar-refractivity contribution is -0.146. The third kappa shape index (κ3) is 5.53. The van der Waals surface area contributed by atoms with Crippen LogP contribution >= 0.6 is 0 Å². The molecule has 0 atom stereocenters. The van der Waals surface area contributed by atoms with Gasteiger partial charge in [-0.1, -0.05) is 0 Å². The van der Waals surface area contributed by atoms with Crippen LogP contribution in [0, 0.1) is 0 Å². The minimum atomic E-state index is -4.61. The Labute approximate surface area is 153 Å². The molecular formula is C17H18F3NO6. The summed E-state index contributed by atoms with van der Waals surface area (Å²) in [6.45, 7) is 1.40. The number of hydrogen-bond acceptors (Lipinski definition) is 7. The summed E-state index contributed by atoms with van der Waals surface area (Å²) in [4.78, 5) is 24.8. The summed E-state index contributed by atoms with van der Waals surface area (Å²) in [5.41, 5.74) is -0.608. The summed E-state index contributed by atoms with van der Waals surface area (Å²) < 4.78 is 59.0. The van der Waals surface area contributed by atoms with E-state index >= 15 is 0 Å². The van der Waals surface area contributed by atoms with E-state index in [1.165, 1.54) is 32.0 Å². The number of alkyl halides is 3. The van der Waals surface area contributed by atoms with Crippen molar-refractivity contribution < 1.29 is 41.7 Å². The lowest BCUT2D eigenvalue weighted by atomic mass is 10.2. The van der Waals surface area contributed by atoms with E-state index in [-0.39, 0.29) is 31.4 Å². The van der Waals surface area contributed by atoms with Gasteiger partial charge in [0.25, 0.3) is 0 Å². The molecule has 7 nitrogen and oxygen atoms in total. The molecule has 2 rings (SSSR count). The van der Waals surface area contributed by atoms with Crippen LogP contribution in [0.25, 0.3) is 0 Å². The van der Waals surface area contributed by atoms with Gasteiger partial charge in [-0.15, -0.1) is 0 Å². The number of anilines is 1. The first kappa shape index (κ1) is 20.4. The van der Waals surface area contributed by atoms with Crippen LogP contribution in [0.15, 0.2) is 30.0 Å². The molecule has 0 aliphatic carbocycles. The molecule has 1 aliphatic rings. The Bertz CT molecular complexity index is 712. The Balaban J connectivity index is 2.45. The first-order chi connectivity index (χ1) is 12.7. The summed E-state index contributed by atoms with van der Waals surface area (Å²) in [5, 5.41) is 0. The summed E-state index contributed by atoms with van der Waals surface area (Å²) in [6.07, 6.45) is -3.84. The molecule has 0 unspecified atom stereocenters. The van der Waals surface area contributed by atoms with Crippen LogP contribution in [-0.4, -0.2) is 44.7 Å². The number of carbonyl (C=O) groups is 2. The summed E-state index contributed by atoms with van der Waals surface area (Å²) in [7, 11) is 0. The van der Waals surface area contributed by atoms with Gasteiger partial charge >= 0.3 is 18.1 Å². The van der Waals surface area contributed by atoms with Crippen molar-refractivity contribution in [1.29, 1.82) is 0 Å². The number of rotatable bonds is 7. The van der Waals surface area contributed by atoms with Gasteiger partial charge in [0.1, 0.15) is 6.54 Å². The van der Waals surface area contributed by atoms with E-state index in [0.717, 1.165) is 6.20 Å². The topological polar surface area (TPSA) is 74.3 Å². The van der Waals surface area contributed by atoms with E-state index in [1.807, 2.05) is 0 Å². The van der Waals surface area contributed by atoms with Crippen molar-refractivity contribution in [3.05, 3.63) is 30.0 Å². The minimum absolute atomic E-state index is 0.0441. The third-order valence-corrected chi connectivity index (χ3v) is 3.31. The maximum absolute atomic E-state index is 13.1. The van der Waals surface area contributed by atoms with Crippen molar-refractivity contribution in [2.45, 2.75) is 20.0 Å². The predicted molar refractivity (Wildman–Crippen MR) is 87.3 cm³/mol. The third-order valence-electron chi connectivity index (χ3n) is 3.31. The molecule has 1 aromatic rings. The van der Waals surface area contributed by atoms with Crippen LogP contribution in [0.1, 0.15) is 13.8 Å². The molecule has 0 saturated carbocycles. The molecule has 0 spiro atoms. The summed E-state index contributed by atoms with van der Waals surface area (Å²) in [6, 6.07) is 4.10.